The molecule has 0 unspecified atom stereocenters. The van der Waals surface area contributed by atoms with Gasteiger partial charge in [-0.1, -0.05) is 25.5 Å². The summed E-state index contributed by atoms with van der Waals surface area (Å²) in [7, 11) is 0. The van der Waals surface area contributed by atoms with Crippen molar-refractivity contribution in [3.05, 3.63) is 29.8 Å². The summed E-state index contributed by atoms with van der Waals surface area (Å²) >= 11 is 0. The van der Waals surface area contributed by atoms with E-state index in [4.69, 9.17) is 28.8 Å². The number of unbranched alkanes of at least 4 members (excludes halogenated alkanes) is 1. The number of aliphatic hydroxyl groups excluding tert-OH is 1. The van der Waals surface area contributed by atoms with E-state index < -0.39 is 0 Å². The molecule has 26 heavy (non-hydrogen) atoms. The van der Waals surface area contributed by atoms with Crippen molar-refractivity contribution in [2.24, 2.45) is 0 Å². The van der Waals surface area contributed by atoms with Crippen LogP contribution in [0.1, 0.15) is 25.3 Å². The van der Waals surface area contributed by atoms with Gasteiger partial charge in [0.2, 0.25) is 0 Å². The van der Waals surface area contributed by atoms with Gasteiger partial charge in [0, 0.05) is 0 Å². The maximum atomic E-state index is 8.53. The van der Waals surface area contributed by atoms with Crippen LogP contribution in [0, 0.1) is 0 Å². The van der Waals surface area contributed by atoms with Crippen molar-refractivity contribution >= 4 is 0 Å². The van der Waals surface area contributed by atoms with Crippen LogP contribution < -0.4 is 4.74 Å². The zero-order chi connectivity index (χ0) is 18.7. The van der Waals surface area contributed by atoms with Crippen molar-refractivity contribution in [2.75, 3.05) is 66.1 Å². The SMILES string of the molecule is CCCCc1ccc(OCCOCCOCCOCCOCCO)cc1. The smallest absolute Gasteiger partial charge is 0.119 e. The molecule has 0 aliphatic rings. The van der Waals surface area contributed by atoms with E-state index in [0.717, 1.165) is 12.2 Å². The standard InChI is InChI=1S/C20H34O6/c1-2-3-4-19-5-7-20(8-6-19)26-18-17-25-16-15-24-14-13-23-12-11-22-10-9-21/h5-8,21H,2-4,9-18H2,1H3. The summed E-state index contributed by atoms with van der Waals surface area (Å²) in [6.07, 6.45) is 3.57. The number of ether oxygens (including phenoxy) is 5. The summed E-state index contributed by atoms with van der Waals surface area (Å²) in [5.74, 6) is 0.880. The summed E-state index contributed by atoms with van der Waals surface area (Å²) in [5.41, 5.74) is 1.36. The molecule has 0 saturated carbocycles. The fourth-order valence-corrected chi connectivity index (χ4v) is 2.18. The monoisotopic (exact) mass is 370 g/mol. The van der Waals surface area contributed by atoms with Crippen molar-refractivity contribution in [1.29, 1.82) is 0 Å². The minimum atomic E-state index is 0.0411. The van der Waals surface area contributed by atoms with Gasteiger partial charge in [-0.2, -0.15) is 0 Å². The van der Waals surface area contributed by atoms with Gasteiger partial charge in [-0.05, 0) is 30.5 Å². The van der Waals surface area contributed by atoms with E-state index in [-0.39, 0.29) is 6.61 Å². The quantitative estimate of drug-likeness (QED) is 0.401. The zero-order valence-electron chi connectivity index (χ0n) is 16.0. The van der Waals surface area contributed by atoms with Crippen molar-refractivity contribution in [3.63, 3.8) is 0 Å². The van der Waals surface area contributed by atoms with Crippen LogP contribution in [0.25, 0.3) is 0 Å². The fraction of sp³-hybridized carbons (Fsp3) is 0.700. The molecular weight excluding hydrogens is 336 g/mol. The highest BCUT2D eigenvalue weighted by molar-refractivity contribution is 5.27. The number of aliphatic hydroxyl groups is 1. The minimum absolute atomic E-state index is 0.0411. The number of benzene rings is 1. The molecule has 0 radical (unpaired) electrons. The summed E-state index contributed by atoms with van der Waals surface area (Å²) in [4.78, 5) is 0. The first-order valence-electron chi connectivity index (χ1n) is 9.50. The van der Waals surface area contributed by atoms with Crippen LogP contribution in [0.4, 0.5) is 0 Å². The molecule has 0 aliphatic heterocycles. The molecule has 6 nitrogen and oxygen atoms in total. The van der Waals surface area contributed by atoms with Crippen molar-refractivity contribution in [2.45, 2.75) is 26.2 Å². The van der Waals surface area contributed by atoms with Gasteiger partial charge in [0.25, 0.3) is 0 Å². The topological polar surface area (TPSA) is 66.4 Å². The Labute approximate surface area is 157 Å². The van der Waals surface area contributed by atoms with Gasteiger partial charge in [-0.3, -0.25) is 0 Å². The molecule has 0 aliphatic carbocycles. The molecule has 1 N–H and O–H groups in total. The molecule has 0 spiro atoms. The molecule has 1 aromatic rings. The molecule has 0 saturated heterocycles. The van der Waals surface area contributed by atoms with Crippen molar-refractivity contribution < 1.29 is 28.8 Å². The maximum absolute atomic E-state index is 8.53. The van der Waals surface area contributed by atoms with Gasteiger partial charge in [0.1, 0.15) is 12.4 Å². The highest BCUT2D eigenvalue weighted by Crippen LogP contribution is 2.13. The largest absolute Gasteiger partial charge is 0.491 e. The van der Waals surface area contributed by atoms with Gasteiger partial charge in [0.05, 0.1) is 59.5 Å². The lowest BCUT2D eigenvalue weighted by molar-refractivity contribution is -0.00779. The predicted octanol–water partition coefficient (Wildman–Crippen LogP) is 2.47. The van der Waals surface area contributed by atoms with Crippen LogP contribution in [-0.2, 0) is 25.4 Å². The molecule has 6 heteroatoms. The lowest BCUT2D eigenvalue weighted by Gasteiger charge is -2.09. The van der Waals surface area contributed by atoms with Gasteiger partial charge >= 0.3 is 0 Å². The number of hydrogen-bond donors (Lipinski definition) is 1. The molecule has 150 valence electrons. The van der Waals surface area contributed by atoms with Crippen LogP contribution >= 0.6 is 0 Å². The van der Waals surface area contributed by atoms with Crippen LogP contribution in [0.3, 0.4) is 0 Å². The molecule has 0 fully saturated rings. The summed E-state index contributed by atoms with van der Waals surface area (Å²) in [5, 5.41) is 8.53. The van der Waals surface area contributed by atoms with E-state index in [0.29, 0.717) is 59.5 Å². The van der Waals surface area contributed by atoms with Gasteiger partial charge in [-0.15, -0.1) is 0 Å². The number of rotatable bonds is 18. The third kappa shape index (κ3) is 13.1. The molecule has 0 heterocycles. The van der Waals surface area contributed by atoms with Crippen LogP contribution in [0.15, 0.2) is 24.3 Å². The third-order valence-electron chi connectivity index (χ3n) is 3.59. The second kappa shape index (κ2) is 17.2. The Kier molecular flexibility index (Phi) is 15.2. The van der Waals surface area contributed by atoms with E-state index in [2.05, 4.69) is 19.1 Å². The molecule has 1 aromatic carbocycles. The Bertz CT molecular complexity index is 409. The number of hydrogen-bond acceptors (Lipinski definition) is 6. The lowest BCUT2D eigenvalue weighted by atomic mass is 10.1. The predicted molar refractivity (Wildman–Crippen MR) is 101 cm³/mol. The first-order chi connectivity index (χ1) is 12.9. The first-order valence-corrected chi connectivity index (χ1v) is 9.50. The molecule has 0 aromatic heterocycles. The first kappa shape index (κ1) is 22.9. The zero-order valence-corrected chi connectivity index (χ0v) is 16.0. The Morgan fingerprint density at radius 2 is 1.19 bits per heavy atom. The highest BCUT2D eigenvalue weighted by atomic mass is 16.6. The van der Waals surface area contributed by atoms with Crippen molar-refractivity contribution in [1.82, 2.24) is 0 Å². The Balaban J connectivity index is 1.84. The molecule has 0 amide bonds. The molecular formula is C20H34O6. The summed E-state index contributed by atoms with van der Waals surface area (Å²) < 4.78 is 26.9. The summed E-state index contributed by atoms with van der Waals surface area (Å²) in [6.45, 7) is 6.81. The van der Waals surface area contributed by atoms with Gasteiger partial charge in [-0.25, -0.2) is 0 Å². The number of aryl methyl sites for hydroxylation is 1. The lowest BCUT2D eigenvalue weighted by Crippen LogP contribution is -2.14. The van der Waals surface area contributed by atoms with Crippen LogP contribution in [0.5, 0.6) is 5.75 Å². The van der Waals surface area contributed by atoms with E-state index >= 15 is 0 Å². The van der Waals surface area contributed by atoms with Crippen molar-refractivity contribution in [3.8, 4) is 5.75 Å². The Hall–Kier alpha value is -1.18. The average Bonchev–Trinajstić information content (AvgIpc) is 2.67. The van der Waals surface area contributed by atoms with E-state index in [1.807, 2.05) is 12.1 Å². The average molecular weight is 370 g/mol. The normalized spacial score (nSPS) is 11.0. The molecule has 1 rings (SSSR count). The highest BCUT2D eigenvalue weighted by Gasteiger charge is 1.97. The summed E-state index contributed by atoms with van der Waals surface area (Å²) in [6, 6.07) is 8.28. The molecule has 0 atom stereocenters. The Morgan fingerprint density at radius 3 is 1.69 bits per heavy atom. The second-order valence-corrected chi connectivity index (χ2v) is 5.77. The Morgan fingerprint density at radius 1 is 0.692 bits per heavy atom. The van der Waals surface area contributed by atoms with E-state index in [1.165, 1.54) is 18.4 Å². The van der Waals surface area contributed by atoms with Gasteiger partial charge in [0.15, 0.2) is 0 Å². The fourth-order valence-electron chi connectivity index (χ4n) is 2.18. The van der Waals surface area contributed by atoms with E-state index in [1.54, 1.807) is 0 Å². The molecule has 0 bridgehead atoms. The third-order valence-corrected chi connectivity index (χ3v) is 3.59. The maximum Gasteiger partial charge on any atom is 0.119 e. The van der Waals surface area contributed by atoms with Crippen LogP contribution in [-0.4, -0.2) is 71.2 Å². The second-order valence-electron chi connectivity index (χ2n) is 5.77. The van der Waals surface area contributed by atoms with Crippen LogP contribution in [0.2, 0.25) is 0 Å². The minimum Gasteiger partial charge on any atom is -0.491 e. The van der Waals surface area contributed by atoms with Gasteiger partial charge < -0.3 is 28.8 Å². The van der Waals surface area contributed by atoms with E-state index in [9.17, 15) is 0 Å².